The van der Waals surface area contributed by atoms with Gasteiger partial charge < -0.3 is 4.90 Å². The minimum Gasteiger partial charge on any atom is -0.342 e. The number of nitrogens with zero attached hydrogens (tertiary/aromatic N) is 2. The van der Waals surface area contributed by atoms with Gasteiger partial charge in [0.05, 0.1) is 0 Å². The molecule has 5 heteroatoms. The van der Waals surface area contributed by atoms with Crippen LogP contribution in [0.2, 0.25) is 0 Å². The maximum absolute atomic E-state index is 13.9. The summed E-state index contributed by atoms with van der Waals surface area (Å²) in [4.78, 5) is 17.4. The van der Waals surface area contributed by atoms with Crippen LogP contribution >= 0.6 is 11.3 Å². The fourth-order valence-corrected chi connectivity index (χ4v) is 5.03. The zero-order chi connectivity index (χ0) is 21.0. The molecule has 0 aliphatic carbocycles. The maximum atomic E-state index is 13.9. The summed E-state index contributed by atoms with van der Waals surface area (Å²) < 4.78 is 13.9. The summed E-state index contributed by atoms with van der Waals surface area (Å²) >= 11 is 1.72. The first-order chi connectivity index (χ1) is 13.8. The van der Waals surface area contributed by atoms with Gasteiger partial charge in [0.1, 0.15) is 5.82 Å². The van der Waals surface area contributed by atoms with Gasteiger partial charge in [-0.05, 0) is 51.9 Å². The van der Waals surface area contributed by atoms with Crippen molar-refractivity contribution in [1.29, 1.82) is 0 Å². The Morgan fingerprint density at radius 2 is 2.03 bits per heavy atom. The molecular weight excluding hydrogens is 383 g/mol. The highest BCUT2D eigenvalue weighted by Gasteiger charge is 2.36. The first-order valence-corrected chi connectivity index (χ1v) is 11.6. The molecule has 3 rings (SSSR count). The van der Waals surface area contributed by atoms with Crippen molar-refractivity contribution in [3.8, 4) is 0 Å². The number of thiophene rings is 1. The lowest BCUT2D eigenvalue weighted by Crippen LogP contribution is -2.41. The van der Waals surface area contributed by atoms with Crippen molar-refractivity contribution < 1.29 is 9.18 Å². The van der Waals surface area contributed by atoms with Crippen LogP contribution in [0.3, 0.4) is 0 Å². The molecule has 158 valence electrons. The second-order valence-electron chi connectivity index (χ2n) is 9.04. The van der Waals surface area contributed by atoms with Crippen LogP contribution in [0.15, 0.2) is 41.1 Å². The first-order valence-electron chi connectivity index (χ1n) is 10.6. The Labute approximate surface area is 178 Å². The van der Waals surface area contributed by atoms with E-state index in [0.29, 0.717) is 11.8 Å². The molecule has 0 N–H and O–H groups in total. The molecule has 1 aromatic heterocycles. The van der Waals surface area contributed by atoms with Crippen LogP contribution < -0.4 is 0 Å². The number of benzene rings is 1. The molecular formula is C24H33FN2OS. The molecule has 1 aliphatic heterocycles. The van der Waals surface area contributed by atoms with Crippen molar-refractivity contribution >= 4 is 17.2 Å². The van der Waals surface area contributed by atoms with Gasteiger partial charge in [-0.3, -0.25) is 9.69 Å². The third kappa shape index (κ3) is 5.89. The molecule has 1 aliphatic rings. The molecule has 2 atom stereocenters. The van der Waals surface area contributed by atoms with E-state index in [-0.39, 0.29) is 23.6 Å². The number of amides is 1. The highest BCUT2D eigenvalue weighted by atomic mass is 32.1. The summed E-state index contributed by atoms with van der Waals surface area (Å²) in [6.45, 7) is 12.5. The third-order valence-corrected chi connectivity index (χ3v) is 6.36. The quantitative estimate of drug-likeness (QED) is 0.587. The van der Waals surface area contributed by atoms with Gasteiger partial charge in [0.25, 0.3) is 0 Å². The summed E-state index contributed by atoms with van der Waals surface area (Å²) in [5.41, 5.74) is 2.37. The smallest absolute Gasteiger partial charge is 0.225 e. The van der Waals surface area contributed by atoms with E-state index in [9.17, 15) is 9.18 Å². The summed E-state index contributed by atoms with van der Waals surface area (Å²) in [7, 11) is 0. The predicted molar refractivity (Wildman–Crippen MR) is 118 cm³/mol. The fraction of sp³-hybridized carbons (Fsp3) is 0.542. The Hall–Kier alpha value is -1.72. The van der Waals surface area contributed by atoms with Gasteiger partial charge in [0.2, 0.25) is 5.91 Å². The molecule has 1 saturated heterocycles. The van der Waals surface area contributed by atoms with Gasteiger partial charge in [-0.15, -0.1) is 0 Å². The van der Waals surface area contributed by atoms with Crippen LogP contribution in [-0.2, 0) is 11.3 Å². The number of carbonyl (C=O) groups is 1. The normalized spacial score (nSPS) is 20.0. The largest absolute Gasteiger partial charge is 0.342 e. The van der Waals surface area contributed by atoms with E-state index in [4.69, 9.17) is 0 Å². The van der Waals surface area contributed by atoms with Crippen molar-refractivity contribution in [3.63, 3.8) is 0 Å². The number of hydrogen-bond acceptors (Lipinski definition) is 3. The molecule has 1 amide bonds. The summed E-state index contributed by atoms with van der Waals surface area (Å²) in [6, 6.07) is 9.18. The molecule has 0 saturated carbocycles. The number of carbonyl (C=O) groups excluding carboxylic acids is 1. The average Bonchev–Trinajstić information content (AvgIpc) is 3.30. The van der Waals surface area contributed by atoms with Gasteiger partial charge in [-0.2, -0.15) is 11.3 Å². The summed E-state index contributed by atoms with van der Waals surface area (Å²) in [5, 5.41) is 4.30. The summed E-state index contributed by atoms with van der Waals surface area (Å²) in [6.07, 6.45) is 0. The van der Waals surface area contributed by atoms with E-state index < -0.39 is 0 Å². The van der Waals surface area contributed by atoms with Crippen LogP contribution in [0.4, 0.5) is 4.39 Å². The van der Waals surface area contributed by atoms with E-state index in [1.807, 2.05) is 24.8 Å². The molecule has 0 bridgehead atoms. The monoisotopic (exact) mass is 416 g/mol. The van der Waals surface area contributed by atoms with Gasteiger partial charge in [-0.1, -0.05) is 39.8 Å². The first kappa shape index (κ1) is 22.0. The summed E-state index contributed by atoms with van der Waals surface area (Å²) in [5.74, 6) is 0.983. The van der Waals surface area contributed by atoms with Crippen LogP contribution in [0.5, 0.6) is 0 Å². The second-order valence-corrected chi connectivity index (χ2v) is 9.82. The minimum absolute atomic E-state index is 0.00955. The van der Waals surface area contributed by atoms with Crippen LogP contribution in [0, 0.1) is 23.6 Å². The molecule has 0 spiro atoms. The zero-order valence-corrected chi connectivity index (χ0v) is 18.8. The van der Waals surface area contributed by atoms with Crippen molar-refractivity contribution in [2.45, 2.75) is 40.2 Å². The van der Waals surface area contributed by atoms with E-state index in [1.165, 1.54) is 11.6 Å². The van der Waals surface area contributed by atoms with Crippen LogP contribution in [0.1, 0.15) is 44.7 Å². The standard InChI is InChI=1S/C24H33FN2OS/c1-17(2)11-27(24(28)18(3)4)14-21-13-26(12-19-8-9-29-16-19)15-23(21)20-6-5-7-22(25)10-20/h5-10,16-18,21,23H,11-15H2,1-4H3. The van der Waals surface area contributed by atoms with Crippen molar-refractivity contribution in [3.05, 3.63) is 58.0 Å². The average molecular weight is 417 g/mol. The lowest BCUT2D eigenvalue weighted by molar-refractivity contribution is -0.135. The minimum atomic E-state index is -0.185. The molecule has 29 heavy (non-hydrogen) atoms. The molecule has 1 fully saturated rings. The van der Waals surface area contributed by atoms with Crippen LogP contribution in [0.25, 0.3) is 0 Å². The Morgan fingerprint density at radius 1 is 1.24 bits per heavy atom. The molecule has 0 radical (unpaired) electrons. The van der Waals surface area contributed by atoms with E-state index in [1.54, 1.807) is 23.5 Å². The molecule has 3 nitrogen and oxygen atoms in total. The lowest BCUT2D eigenvalue weighted by atomic mass is 9.88. The van der Waals surface area contributed by atoms with Gasteiger partial charge in [0.15, 0.2) is 0 Å². The van der Waals surface area contributed by atoms with E-state index >= 15 is 0 Å². The van der Waals surface area contributed by atoms with E-state index in [0.717, 1.165) is 38.3 Å². The Kier molecular flexibility index (Phi) is 7.47. The van der Waals surface area contributed by atoms with Crippen molar-refractivity contribution in [2.75, 3.05) is 26.2 Å². The number of likely N-dealkylation sites (tertiary alicyclic amines) is 1. The highest BCUT2D eigenvalue weighted by molar-refractivity contribution is 7.07. The van der Waals surface area contributed by atoms with Crippen LogP contribution in [-0.4, -0.2) is 41.9 Å². The molecule has 1 aromatic carbocycles. The van der Waals surface area contributed by atoms with Crippen molar-refractivity contribution in [1.82, 2.24) is 9.80 Å². The highest BCUT2D eigenvalue weighted by Crippen LogP contribution is 2.35. The van der Waals surface area contributed by atoms with Gasteiger partial charge in [-0.25, -0.2) is 4.39 Å². The maximum Gasteiger partial charge on any atom is 0.225 e. The Morgan fingerprint density at radius 3 is 2.66 bits per heavy atom. The molecule has 2 heterocycles. The molecule has 2 unspecified atom stereocenters. The van der Waals surface area contributed by atoms with Gasteiger partial charge >= 0.3 is 0 Å². The Bertz CT molecular complexity index is 790. The topological polar surface area (TPSA) is 23.6 Å². The third-order valence-electron chi connectivity index (χ3n) is 5.63. The Balaban J connectivity index is 1.81. The number of rotatable bonds is 8. The lowest BCUT2D eigenvalue weighted by Gasteiger charge is -2.31. The fourth-order valence-electron chi connectivity index (χ4n) is 4.37. The van der Waals surface area contributed by atoms with Crippen molar-refractivity contribution in [2.24, 2.45) is 17.8 Å². The zero-order valence-electron chi connectivity index (χ0n) is 18.0. The number of hydrogen-bond donors (Lipinski definition) is 0. The number of halogens is 1. The second kappa shape index (κ2) is 9.86. The van der Waals surface area contributed by atoms with E-state index in [2.05, 4.69) is 35.6 Å². The SMILES string of the molecule is CC(C)CN(CC1CN(Cc2ccsc2)CC1c1cccc(F)c1)C(=O)C(C)C. The van der Waals surface area contributed by atoms with Gasteiger partial charge in [0, 0.05) is 44.6 Å². The molecule has 2 aromatic rings. The predicted octanol–water partition coefficient (Wildman–Crippen LogP) is 5.24.